The third-order valence-corrected chi connectivity index (χ3v) is 6.32. The smallest absolute Gasteiger partial charge is 0.242 e. The van der Waals surface area contributed by atoms with Gasteiger partial charge < -0.3 is 5.73 Å². The summed E-state index contributed by atoms with van der Waals surface area (Å²) in [6.07, 6.45) is 0. The minimum Gasteiger partial charge on any atom is -0.326 e. The quantitative estimate of drug-likeness (QED) is 0.815. The summed E-state index contributed by atoms with van der Waals surface area (Å²) in [4.78, 5) is 0.797. The molecule has 1 aromatic carbocycles. The molecule has 114 valence electrons. The lowest BCUT2D eigenvalue weighted by Crippen LogP contribution is -2.23. The number of nitrogens with one attached hydrogen (secondary N) is 1. The van der Waals surface area contributed by atoms with E-state index in [1.165, 1.54) is 23.5 Å². The van der Waals surface area contributed by atoms with E-state index in [4.69, 9.17) is 5.73 Å². The molecular formula is C12H11BrF2N2O2S2. The van der Waals surface area contributed by atoms with Gasteiger partial charge in [0.1, 0.15) is 4.90 Å². The SMILES string of the molecule is NCc1cc(S(=O)(=O)NCc2ccc(F)c(F)c2)c(Br)s1. The van der Waals surface area contributed by atoms with E-state index in [2.05, 4.69) is 20.7 Å². The molecule has 0 saturated carbocycles. The first-order chi connectivity index (χ1) is 9.83. The molecule has 1 aromatic heterocycles. The molecule has 0 saturated heterocycles. The summed E-state index contributed by atoms with van der Waals surface area (Å²) in [7, 11) is -3.76. The largest absolute Gasteiger partial charge is 0.326 e. The number of halogens is 3. The lowest BCUT2D eigenvalue weighted by molar-refractivity contribution is 0.506. The van der Waals surface area contributed by atoms with Gasteiger partial charge in [-0.3, -0.25) is 0 Å². The Morgan fingerprint density at radius 1 is 1.24 bits per heavy atom. The van der Waals surface area contributed by atoms with Crippen LogP contribution in [0.3, 0.4) is 0 Å². The molecule has 0 amide bonds. The molecule has 0 fully saturated rings. The van der Waals surface area contributed by atoms with Crippen LogP contribution in [-0.4, -0.2) is 8.42 Å². The van der Waals surface area contributed by atoms with Crippen molar-refractivity contribution in [2.75, 3.05) is 0 Å². The zero-order valence-electron chi connectivity index (χ0n) is 10.6. The van der Waals surface area contributed by atoms with E-state index in [0.717, 1.165) is 17.0 Å². The molecule has 0 unspecified atom stereocenters. The fraction of sp³-hybridized carbons (Fsp3) is 0.167. The van der Waals surface area contributed by atoms with Crippen molar-refractivity contribution in [2.45, 2.75) is 18.0 Å². The van der Waals surface area contributed by atoms with Gasteiger partial charge in [0.15, 0.2) is 11.6 Å². The molecule has 4 nitrogen and oxygen atoms in total. The zero-order valence-corrected chi connectivity index (χ0v) is 13.8. The van der Waals surface area contributed by atoms with E-state index in [1.54, 1.807) is 0 Å². The van der Waals surface area contributed by atoms with Crippen LogP contribution in [0.2, 0.25) is 0 Å². The first-order valence-corrected chi connectivity index (χ1v) is 8.84. The fourth-order valence-corrected chi connectivity index (χ4v) is 5.16. The first-order valence-electron chi connectivity index (χ1n) is 5.75. The predicted octanol–water partition coefficient (Wildman–Crippen LogP) is 2.73. The summed E-state index contributed by atoms with van der Waals surface area (Å²) in [6.45, 7) is 0.0989. The number of thiophene rings is 1. The predicted molar refractivity (Wildman–Crippen MR) is 80.3 cm³/mol. The molecule has 0 spiro atoms. The van der Waals surface area contributed by atoms with Crippen LogP contribution in [-0.2, 0) is 23.1 Å². The Hall–Kier alpha value is -0.870. The lowest BCUT2D eigenvalue weighted by atomic mass is 10.2. The van der Waals surface area contributed by atoms with Crippen molar-refractivity contribution in [3.8, 4) is 0 Å². The maximum absolute atomic E-state index is 13.1. The van der Waals surface area contributed by atoms with Crippen LogP contribution in [0.25, 0.3) is 0 Å². The molecule has 9 heteroatoms. The highest BCUT2D eigenvalue weighted by Crippen LogP contribution is 2.31. The third-order valence-electron chi connectivity index (χ3n) is 2.65. The van der Waals surface area contributed by atoms with Crippen LogP contribution >= 0.6 is 27.3 Å². The molecule has 21 heavy (non-hydrogen) atoms. The number of hydrogen-bond acceptors (Lipinski definition) is 4. The monoisotopic (exact) mass is 396 g/mol. The van der Waals surface area contributed by atoms with Gasteiger partial charge in [-0.15, -0.1) is 11.3 Å². The molecule has 0 aliphatic rings. The minimum absolute atomic E-state index is 0.0792. The van der Waals surface area contributed by atoms with Gasteiger partial charge in [0, 0.05) is 18.0 Å². The molecule has 1 heterocycles. The Labute approximate surface area is 133 Å². The van der Waals surface area contributed by atoms with Crippen LogP contribution in [0.1, 0.15) is 10.4 Å². The second kappa shape index (κ2) is 6.49. The molecule has 0 bridgehead atoms. The van der Waals surface area contributed by atoms with Crippen LogP contribution in [0.15, 0.2) is 32.9 Å². The highest BCUT2D eigenvalue weighted by molar-refractivity contribution is 9.11. The van der Waals surface area contributed by atoms with E-state index < -0.39 is 21.7 Å². The van der Waals surface area contributed by atoms with Gasteiger partial charge in [0.25, 0.3) is 0 Å². The Morgan fingerprint density at radius 2 is 1.95 bits per heavy atom. The molecule has 2 aromatic rings. The van der Waals surface area contributed by atoms with E-state index in [-0.39, 0.29) is 18.0 Å². The third kappa shape index (κ3) is 3.86. The van der Waals surface area contributed by atoms with Gasteiger partial charge in [-0.25, -0.2) is 21.9 Å². The second-order valence-electron chi connectivity index (χ2n) is 4.13. The summed E-state index contributed by atoms with van der Waals surface area (Å²) in [5.41, 5.74) is 5.79. The number of benzene rings is 1. The average molecular weight is 397 g/mol. The van der Waals surface area contributed by atoms with E-state index in [1.807, 2.05) is 0 Å². The van der Waals surface area contributed by atoms with E-state index >= 15 is 0 Å². The topological polar surface area (TPSA) is 72.2 Å². The van der Waals surface area contributed by atoms with Gasteiger partial charge in [0.2, 0.25) is 10.0 Å². The number of rotatable bonds is 5. The standard InChI is InChI=1S/C12H11BrF2N2O2S2/c13-12-11(4-8(5-16)20-12)21(18,19)17-6-7-1-2-9(14)10(15)3-7/h1-4,17H,5-6,16H2. The van der Waals surface area contributed by atoms with Crippen molar-refractivity contribution in [3.05, 3.63) is 50.1 Å². The maximum Gasteiger partial charge on any atom is 0.242 e. The van der Waals surface area contributed by atoms with Gasteiger partial charge in [-0.05, 0) is 39.7 Å². The fourth-order valence-electron chi connectivity index (χ4n) is 1.59. The summed E-state index contributed by atoms with van der Waals surface area (Å²) >= 11 is 4.41. The van der Waals surface area contributed by atoms with Gasteiger partial charge in [-0.2, -0.15) is 0 Å². The Morgan fingerprint density at radius 3 is 2.52 bits per heavy atom. The number of hydrogen-bond donors (Lipinski definition) is 2. The molecule has 0 aliphatic heterocycles. The highest BCUT2D eigenvalue weighted by Gasteiger charge is 2.20. The number of sulfonamides is 1. The molecule has 0 radical (unpaired) electrons. The molecule has 2 rings (SSSR count). The van der Waals surface area contributed by atoms with E-state index in [0.29, 0.717) is 9.35 Å². The normalized spacial score (nSPS) is 11.8. The van der Waals surface area contributed by atoms with Crippen LogP contribution in [0.5, 0.6) is 0 Å². The zero-order chi connectivity index (χ0) is 15.6. The van der Waals surface area contributed by atoms with Crippen LogP contribution in [0, 0.1) is 11.6 Å². The Kier molecular flexibility index (Phi) is 5.10. The number of nitrogens with two attached hydrogens (primary N) is 1. The summed E-state index contributed by atoms with van der Waals surface area (Å²) in [5, 5.41) is 0. The Balaban J connectivity index is 2.17. The summed E-state index contributed by atoms with van der Waals surface area (Å²) in [6, 6.07) is 4.69. The van der Waals surface area contributed by atoms with Crippen molar-refractivity contribution < 1.29 is 17.2 Å². The molecule has 0 aliphatic carbocycles. The molecular weight excluding hydrogens is 386 g/mol. The van der Waals surface area contributed by atoms with Gasteiger partial charge in [-0.1, -0.05) is 6.07 Å². The molecule has 0 atom stereocenters. The summed E-state index contributed by atoms with van der Waals surface area (Å²) in [5.74, 6) is -2.00. The van der Waals surface area contributed by atoms with Gasteiger partial charge in [0.05, 0.1) is 3.79 Å². The first kappa shape index (κ1) is 16.5. The van der Waals surface area contributed by atoms with Crippen molar-refractivity contribution in [3.63, 3.8) is 0 Å². The van der Waals surface area contributed by atoms with Crippen molar-refractivity contribution in [1.29, 1.82) is 0 Å². The molecule has 3 N–H and O–H groups in total. The van der Waals surface area contributed by atoms with Crippen molar-refractivity contribution >= 4 is 37.3 Å². The summed E-state index contributed by atoms with van der Waals surface area (Å²) < 4.78 is 53.0. The average Bonchev–Trinajstić information content (AvgIpc) is 2.82. The highest BCUT2D eigenvalue weighted by atomic mass is 79.9. The van der Waals surface area contributed by atoms with Crippen molar-refractivity contribution in [1.82, 2.24) is 4.72 Å². The minimum atomic E-state index is -3.76. The second-order valence-corrected chi connectivity index (χ2v) is 8.32. The van der Waals surface area contributed by atoms with Crippen LogP contribution in [0.4, 0.5) is 8.78 Å². The van der Waals surface area contributed by atoms with E-state index in [9.17, 15) is 17.2 Å². The van der Waals surface area contributed by atoms with Crippen LogP contribution < -0.4 is 10.5 Å². The van der Waals surface area contributed by atoms with Crippen molar-refractivity contribution in [2.24, 2.45) is 5.73 Å². The lowest BCUT2D eigenvalue weighted by Gasteiger charge is -2.06. The Bertz CT molecular complexity index is 763. The maximum atomic E-state index is 13.1. The van der Waals surface area contributed by atoms with Gasteiger partial charge >= 0.3 is 0 Å².